The molecule has 0 aromatic heterocycles. The summed E-state index contributed by atoms with van der Waals surface area (Å²) in [5.41, 5.74) is -1.47. The first kappa shape index (κ1) is 18.6. The van der Waals surface area contributed by atoms with E-state index in [0.29, 0.717) is 13.1 Å². The van der Waals surface area contributed by atoms with Crippen LogP contribution in [0.15, 0.2) is 25.3 Å². The average Bonchev–Trinajstić information content (AvgIpc) is 2.51. The van der Waals surface area contributed by atoms with E-state index in [-0.39, 0.29) is 18.7 Å². The Kier molecular flexibility index (Phi) is 6.24. The summed E-state index contributed by atoms with van der Waals surface area (Å²) in [5, 5.41) is 2.16. The minimum atomic E-state index is -1.47. The van der Waals surface area contributed by atoms with E-state index in [4.69, 9.17) is 0 Å². The first-order chi connectivity index (χ1) is 10.9. The van der Waals surface area contributed by atoms with Crippen LogP contribution in [0.1, 0.15) is 26.7 Å². The second-order valence-electron chi connectivity index (χ2n) is 5.28. The number of nitrogens with one attached hydrogen (secondary N) is 1. The molecular formula is C16H23N3O4. The Morgan fingerprint density at radius 2 is 1.70 bits per heavy atom. The molecule has 7 heteroatoms. The number of likely N-dealkylation sites (N-methyl/N-ethyl adjacent to an activating group) is 1. The fourth-order valence-corrected chi connectivity index (χ4v) is 2.62. The molecule has 0 saturated carbocycles. The van der Waals surface area contributed by atoms with Crippen LogP contribution in [0.2, 0.25) is 0 Å². The van der Waals surface area contributed by atoms with Gasteiger partial charge in [-0.05, 0) is 26.7 Å². The first-order valence-electron chi connectivity index (χ1n) is 7.54. The molecule has 0 bridgehead atoms. The molecule has 7 nitrogen and oxygen atoms in total. The zero-order valence-corrected chi connectivity index (χ0v) is 13.6. The number of barbiturate groups is 1. The van der Waals surface area contributed by atoms with Crippen molar-refractivity contribution in [1.29, 1.82) is 0 Å². The van der Waals surface area contributed by atoms with E-state index in [1.807, 2.05) is 13.8 Å². The van der Waals surface area contributed by atoms with Gasteiger partial charge in [-0.2, -0.15) is 0 Å². The summed E-state index contributed by atoms with van der Waals surface area (Å²) >= 11 is 0. The number of allylic oxidation sites excluding steroid dienone is 2. The van der Waals surface area contributed by atoms with Crippen LogP contribution in [-0.4, -0.2) is 53.2 Å². The zero-order chi connectivity index (χ0) is 17.6. The lowest BCUT2D eigenvalue weighted by molar-refractivity contribution is -0.153. The van der Waals surface area contributed by atoms with E-state index in [1.54, 1.807) is 0 Å². The molecule has 0 atom stereocenters. The number of hydrogen-bond acceptors (Lipinski definition) is 4. The predicted octanol–water partition coefficient (Wildman–Crippen LogP) is 1.07. The normalized spacial score (nSPS) is 16.8. The maximum absolute atomic E-state index is 12.8. The Morgan fingerprint density at radius 1 is 1.17 bits per heavy atom. The Balaban J connectivity index is 3.12. The van der Waals surface area contributed by atoms with Crippen LogP contribution < -0.4 is 5.32 Å². The molecule has 0 radical (unpaired) electrons. The second-order valence-corrected chi connectivity index (χ2v) is 5.28. The van der Waals surface area contributed by atoms with Gasteiger partial charge in [-0.1, -0.05) is 12.2 Å². The summed E-state index contributed by atoms with van der Waals surface area (Å²) in [6.07, 6.45) is 3.02. The van der Waals surface area contributed by atoms with Gasteiger partial charge in [0, 0.05) is 13.1 Å². The van der Waals surface area contributed by atoms with Crippen LogP contribution in [0.4, 0.5) is 4.79 Å². The topological polar surface area (TPSA) is 86.8 Å². The average molecular weight is 321 g/mol. The molecule has 0 spiro atoms. The van der Waals surface area contributed by atoms with Crippen LogP contribution in [0, 0.1) is 5.41 Å². The Morgan fingerprint density at radius 3 is 2.13 bits per heavy atom. The monoisotopic (exact) mass is 321 g/mol. The molecule has 0 aromatic rings. The second kappa shape index (κ2) is 7.71. The third kappa shape index (κ3) is 3.49. The van der Waals surface area contributed by atoms with Crippen LogP contribution in [0.25, 0.3) is 0 Å². The molecule has 1 heterocycles. The van der Waals surface area contributed by atoms with E-state index < -0.39 is 29.8 Å². The number of amides is 5. The molecule has 1 saturated heterocycles. The Hall–Kier alpha value is -2.44. The molecule has 1 fully saturated rings. The van der Waals surface area contributed by atoms with Crippen molar-refractivity contribution in [3.05, 3.63) is 25.3 Å². The summed E-state index contributed by atoms with van der Waals surface area (Å²) in [7, 11) is 0. The van der Waals surface area contributed by atoms with Crippen molar-refractivity contribution in [3.8, 4) is 0 Å². The first-order valence-corrected chi connectivity index (χ1v) is 7.54. The summed E-state index contributed by atoms with van der Waals surface area (Å²) in [5.74, 6) is -1.72. The molecule has 1 aliphatic heterocycles. The van der Waals surface area contributed by atoms with Crippen molar-refractivity contribution >= 4 is 23.8 Å². The summed E-state index contributed by atoms with van der Waals surface area (Å²) < 4.78 is 0. The lowest BCUT2D eigenvalue weighted by atomic mass is 9.77. The van der Waals surface area contributed by atoms with E-state index in [9.17, 15) is 19.2 Å². The van der Waals surface area contributed by atoms with Crippen molar-refractivity contribution in [2.24, 2.45) is 5.41 Å². The molecule has 126 valence electrons. The highest BCUT2D eigenvalue weighted by atomic mass is 16.2. The van der Waals surface area contributed by atoms with Crippen molar-refractivity contribution in [2.45, 2.75) is 26.7 Å². The molecule has 0 unspecified atom stereocenters. The smallest absolute Gasteiger partial charge is 0.331 e. The van der Waals surface area contributed by atoms with Crippen LogP contribution in [0.3, 0.4) is 0 Å². The van der Waals surface area contributed by atoms with E-state index in [0.717, 1.165) is 4.90 Å². The third-order valence-electron chi connectivity index (χ3n) is 3.95. The van der Waals surface area contributed by atoms with Crippen molar-refractivity contribution in [1.82, 2.24) is 15.1 Å². The third-order valence-corrected chi connectivity index (χ3v) is 3.95. The van der Waals surface area contributed by atoms with Gasteiger partial charge in [0.05, 0.1) is 0 Å². The maximum Gasteiger partial charge on any atom is 0.331 e. The fraction of sp³-hybridized carbons (Fsp3) is 0.500. The van der Waals surface area contributed by atoms with Crippen molar-refractivity contribution in [3.63, 3.8) is 0 Å². The number of hydrogen-bond donors (Lipinski definition) is 1. The fourth-order valence-electron chi connectivity index (χ4n) is 2.62. The number of imide groups is 2. The van der Waals surface area contributed by atoms with Gasteiger partial charge in [-0.15, -0.1) is 13.2 Å². The number of carbonyl (C=O) groups is 4. The Labute approximate surface area is 136 Å². The number of nitrogens with zero attached hydrogens (tertiary/aromatic N) is 2. The van der Waals surface area contributed by atoms with Crippen LogP contribution in [-0.2, 0) is 14.4 Å². The number of urea groups is 1. The highest BCUT2D eigenvalue weighted by Crippen LogP contribution is 2.33. The minimum absolute atomic E-state index is 0.0624. The molecule has 0 aliphatic carbocycles. The summed E-state index contributed by atoms with van der Waals surface area (Å²) in [4.78, 5) is 51.5. The van der Waals surface area contributed by atoms with E-state index >= 15 is 0 Å². The zero-order valence-electron chi connectivity index (χ0n) is 13.6. The minimum Gasteiger partial charge on any atom is -0.342 e. The lowest BCUT2D eigenvalue weighted by Gasteiger charge is -2.38. The molecule has 1 aliphatic rings. The molecule has 5 amide bonds. The maximum atomic E-state index is 12.8. The van der Waals surface area contributed by atoms with Gasteiger partial charge >= 0.3 is 6.03 Å². The van der Waals surface area contributed by atoms with Gasteiger partial charge in [0.2, 0.25) is 17.7 Å². The van der Waals surface area contributed by atoms with E-state index in [2.05, 4.69) is 18.5 Å². The summed E-state index contributed by atoms with van der Waals surface area (Å²) in [6.45, 7) is 11.3. The van der Waals surface area contributed by atoms with Gasteiger partial charge in [-0.3, -0.25) is 24.6 Å². The lowest BCUT2D eigenvalue weighted by Crippen LogP contribution is -2.65. The predicted molar refractivity (Wildman–Crippen MR) is 85.2 cm³/mol. The highest BCUT2D eigenvalue weighted by molar-refractivity contribution is 6.20. The van der Waals surface area contributed by atoms with Crippen LogP contribution >= 0.6 is 0 Å². The number of rotatable bonds is 8. The molecule has 1 N–H and O–H groups in total. The van der Waals surface area contributed by atoms with Crippen molar-refractivity contribution < 1.29 is 19.2 Å². The largest absolute Gasteiger partial charge is 0.342 e. The quantitative estimate of drug-likeness (QED) is 0.535. The standard InChI is InChI=1S/C16H23N3O4/c1-5-9-16(10-6-2)13(21)17-15(23)19(14(16)22)11-12(20)18(7-3)8-4/h5-6H,1-2,7-11H2,3-4H3,(H,17,21,23). The number of carbonyl (C=O) groups excluding carboxylic acids is 4. The van der Waals surface area contributed by atoms with E-state index in [1.165, 1.54) is 17.1 Å². The van der Waals surface area contributed by atoms with Crippen molar-refractivity contribution in [2.75, 3.05) is 19.6 Å². The highest BCUT2D eigenvalue weighted by Gasteiger charge is 2.52. The van der Waals surface area contributed by atoms with Gasteiger partial charge in [0.25, 0.3) is 0 Å². The van der Waals surface area contributed by atoms with Gasteiger partial charge in [0.15, 0.2) is 0 Å². The summed E-state index contributed by atoms with van der Waals surface area (Å²) in [6, 6.07) is -0.871. The Bertz CT molecular complexity index is 527. The molecular weight excluding hydrogens is 298 g/mol. The SMILES string of the molecule is C=CCC1(CC=C)C(=O)NC(=O)N(CC(=O)N(CC)CC)C1=O. The van der Waals surface area contributed by atoms with Gasteiger partial charge < -0.3 is 4.90 Å². The van der Waals surface area contributed by atoms with Gasteiger partial charge in [0.1, 0.15) is 12.0 Å². The van der Waals surface area contributed by atoms with Gasteiger partial charge in [-0.25, -0.2) is 4.79 Å². The molecule has 1 rings (SSSR count). The molecule has 0 aromatic carbocycles. The molecule has 23 heavy (non-hydrogen) atoms. The van der Waals surface area contributed by atoms with Crippen LogP contribution in [0.5, 0.6) is 0 Å².